The third kappa shape index (κ3) is 4.89. The number of benzene rings is 2. The van der Waals surface area contributed by atoms with Crippen LogP contribution in [-0.2, 0) is 4.79 Å². The molecule has 1 atom stereocenters. The molecule has 2 aromatic carbocycles. The van der Waals surface area contributed by atoms with Crippen LogP contribution in [0.3, 0.4) is 0 Å². The number of hydrogen-bond donors (Lipinski definition) is 1. The summed E-state index contributed by atoms with van der Waals surface area (Å²) < 4.78 is 1.97. The van der Waals surface area contributed by atoms with Gasteiger partial charge in [0.25, 0.3) is 0 Å². The fourth-order valence-corrected chi connectivity index (χ4v) is 4.12. The minimum Gasteiger partial charge on any atom is -0.325 e. The summed E-state index contributed by atoms with van der Waals surface area (Å²) in [6.45, 7) is 6.17. The summed E-state index contributed by atoms with van der Waals surface area (Å²) >= 11 is 1.38. The number of hydrogen-bond acceptors (Lipinski definition) is 5. The number of carbonyl (C=O) groups excluding carboxylic acids is 1. The molecule has 2 heterocycles. The van der Waals surface area contributed by atoms with Gasteiger partial charge in [-0.3, -0.25) is 14.3 Å². The van der Waals surface area contributed by atoms with Crippen LogP contribution in [0.25, 0.3) is 17.1 Å². The van der Waals surface area contributed by atoms with Crippen LogP contribution in [0.4, 0.5) is 5.69 Å². The van der Waals surface area contributed by atoms with Gasteiger partial charge in [0.15, 0.2) is 11.0 Å². The van der Waals surface area contributed by atoms with Gasteiger partial charge in [-0.15, -0.1) is 10.2 Å². The van der Waals surface area contributed by atoms with Gasteiger partial charge >= 0.3 is 0 Å². The van der Waals surface area contributed by atoms with E-state index in [2.05, 4.69) is 34.3 Å². The van der Waals surface area contributed by atoms with Crippen molar-refractivity contribution in [2.75, 3.05) is 5.32 Å². The quantitative estimate of drug-likeness (QED) is 0.378. The van der Waals surface area contributed by atoms with E-state index in [1.165, 1.54) is 17.3 Å². The molecule has 0 saturated heterocycles. The fraction of sp³-hybridized carbons (Fsp3) is 0.200. The molecule has 2 aromatic heterocycles. The standard InChI is InChI=1S/C25H25N5OS/c1-17(2)19-9-11-21(12-10-19)27-24(31)18(3)32-25-29-28-23(20-13-15-26-16-14-20)30(25)22-7-5-4-6-8-22/h4-18H,1-3H3,(H,27,31). The van der Waals surface area contributed by atoms with E-state index >= 15 is 0 Å². The summed E-state index contributed by atoms with van der Waals surface area (Å²) in [6.07, 6.45) is 3.46. The van der Waals surface area contributed by atoms with Crippen molar-refractivity contribution in [3.63, 3.8) is 0 Å². The Labute approximate surface area is 192 Å². The lowest BCUT2D eigenvalue weighted by atomic mass is 10.0. The van der Waals surface area contributed by atoms with Crippen molar-refractivity contribution < 1.29 is 4.79 Å². The summed E-state index contributed by atoms with van der Waals surface area (Å²) in [5, 5.41) is 12.1. The van der Waals surface area contributed by atoms with Crippen molar-refractivity contribution in [1.82, 2.24) is 19.7 Å². The summed E-state index contributed by atoms with van der Waals surface area (Å²) in [4.78, 5) is 17.0. The zero-order chi connectivity index (χ0) is 22.5. The van der Waals surface area contributed by atoms with Crippen LogP contribution >= 0.6 is 11.8 Å². The molecule has 7 heteroatoms. The summed E-state index contributed by atoms with van der Waals surface area (Å²) in [7, 11) is 0. The van der Waals surface area contributed by atoms with Gasteiger partial charge < -0.3 is 5.32 Å². The van der Waals surface area contributed by atoms with E-state index in [4.69, 9.17) is 0 Å². The summed E-state index contributed by atoms with van der Waals surface area (Å²) in [5.41, 5.74) is 3.87. The highest BCUT2D eigenvalue weighted by atomic mass is 32.2. The Morgan fingerprint density at radius 1 is 0.906 bits per heavy atom. The van der Waals surface area contributed by atoms with Gasteiger partial charge in [0, 0.05) is 29.3 Å². The van der Waals surface area contributed by atoms with Crippen molar-refractivity contribution in [1.29, 1.82) is 0 Å². The van der Waals surface area contributed by atoms with E-state index in [0.717, 1.165) is 16.9 Å². The van der Waals surface area contributed by atoms with Gasteiger partial charge in [0.1, 0.15) is 0 Å². The molecular formula is C25H25N5OS. The number of amides is 1. The molecule has 4 aromatic rings. The summed E-state index contributed by atoms with van der Waals surface area (Å²) in [6, 6.07) is 21.7. The number of para-hydroxylation sites is 1. The van der Waals surface area contributed by atoms with E-state index in [1.54, 1.807) is 12.4 Å². The molecule has 32 heavy (non-hydrogen) atoms. The molecule has 0 aliphatic carbocycles. The molecule has 0 radical (unpaired) electrons. The number of rotatable bonds is 7. The van der Waals surface area contributed by atoms with E-state index < -0.39 is 0 Å². The number of anilines is 1. The van der Waals surface area contributed by atoms with E-state index in [-0.39, 0.29) is 11.2 Å². The molecule has 0 aliphatic rings. The first-order valence-corrected chi connectivity index (χ1v) is 11.4. The lowest BCUT2D eigenvalue weighted by Crippen LogP contribution is -2.22. The Morgan fingerprint density at radius 2 is 1.59 bits per heavy atom. The third-order valence-corrected chi connectivity index (χ3v) is 6.13. The minimum atomic E-state index is -0.364. The van der Waals surface area contributed by atoms with Gasteiger partial charge in [-0.05, 0) is 54.8 Å². The van der Waals surface area contributed by atoms with Crippen LogP contribution in [0, 0.1) is 0 Å². The maximum atomic E-state index is 12.9. The first kappa shape index (κ1) is 21.8. The second-order valence-corrected chi connectivity index (χ2v) is 9.05. The van der Waals surface area contributed by atoms with Gasteiger partial charge in [0.05, 0.1) is 5.25 Å². The third-order valence-electron chi connectivity index (χ3n) is 5.08. The second-order valence-electron chi connectivity index (χ2n) is 7.74. The van der Waals surface area contributed by atoms with Crippen LogP contribution in [-0.4, -0.2) is 30.9 Å². The van der Waals surface area contributed by atoms with Crippen LogP contribution in [0.15, 0.2) is 84.3 Å². The molecule has 1 unspecified atom stereocenters. The molecule has 162 valence electrons. The second kappa shape index (κ2) is 9.78. The zero-order valence-corrected chi connectivity index (χ0v) is 19.1. The van der Waals surface area contributed by atoms with Crippen molar-refractivity contribution >= 4 is 23.4 Å². The topological polar surface area (TPSA) is 72.7 Å². The van der Waals surface area contributed by atoms with E-state index in [1.807, 2.05) is 78.2 Å². The Hall–Kier alpha value is -3.45. The predicted molar refractivity (Wildman–Crippen MR) is 129 cm³/mol. The number of nitrogens with zero attached hydrogens (tertiary/aromatic N) is 4. The van der Waals surface area contributed by atoms with E-state index in [9.17, 15) is 4.79 Å². The average molecular weight is 444 g/mol. The number of aromatic nitrogens is 4. The molecule has 0 spiro atoms. The van der Waals surface area contributed by atoms with Crippen molar-refractivity contribution in [2.45, 2.75) is 37.1 Å². The van der Waals surface area contributed by atoms with Crippen molar-refractivity contribution in [2.24, 2.45) is 0 Å². The van der Waals surface area contributed by atoms with Gasteiger partial charge in [-0.1, -0.05) is 55.9 Å². The number of pyridine rings is 1. The molecule has 0 fully saturated rings. The summed E-state index contributed by atoms with van der Waals surface area (Å²) in [5.74, 6) is 1.08. The molecular weight excluding hydrogens is 418 g/mol. The lowest BCUT2D eigenvalue weighted by Gasteiger charge is -2.14. The fourth-order valence-electron chi connectivity index (χ4n) is 3.25. The average Bonchev–Trinajstić information content (AvgIpc) is 3.24. The highest BCUT2D eigenvalue weighted by Gasteiger charge is 2.22. The monoisotopic (exact) mass is 443 g/mol. The Balaban J connectivity index is 1.57. The van der Waals surface area contributed by atoms with Crippen molar-refractivity contribution in [3.8, 4) is 17.1 Å². The maximum Gasteiger partial charge on any atom is 0.237 e. The van der Waals surface area contributed by atoms with E-state index in [0.29, 0.717) is 16.9 Å². The predicted octanol–water partition coefficient (Wildman–Crippen LogP) is 5.57. The molecule has 4 rings (SSSR count). The smallest absolute Gasteiger partial charge is 0.237 e. The number of nitrogens with one attached hydrogen (secondary N) is 1. The SMILES string of the molecule is CC(Sc1nnc(-c2ccncc2)n1-c1ccccc1)C(=O)Nc1ccc(C(C)C)cc1. The first-order valence-electron chi connectivity index (χ1n) is 10.5. The lowest BCUT2D eigenvalue weighted by molar-refractivity contribution is -0.115. The molecule has 1 N–H and O–H groups in total. The van der Waals surface area contributed by atoms with Gasteiger partial charge in [-0.25, -0.2) is 0 Å². The van der Waals surface area contributed by atoms with Crippen molar-refractivity contribution in [3.05, 3.63) is 84.7 Å². The van der Waals surface area contributed by atoms with Gasteiger partial charge in [-0.2, -0.15) is 0 Å². The first-order chi connectivity index (χ1) is 15.5. The highest BCUT2D eigenvalue weighted by Crippen LogP contribution is 2.30. The largest absolute Gasteiger partial charge is 0.325 e. The minimum absolute atomic E-state index is 0.0830. The molecule has 1 amide bonds. The Morgan fingerprint density at radius 3 is 2.25 bits per heavy atom. The van der Waals surface area contributed by atoms with Crippen LogP contribution in [0.5, 0.6) is 0 Å². The Bertz CT molecular complexity index is 1170. The molecule has 6 nitrogen and oxygen atoms in total. The number of thioether (sulfide) groups is 1. The van der Waals surface area contributed by atoms with Crippen LogP contribution in [0.1, 0.15) is 32.3 Å². The zero-order valence-electron chi connectivity index (χ0n) is 18.3. The van der Waals surface area contributed by atoms with Crippen LogP contribution < -0.4 is 5.32 Å². The molecule has 0 bridgehead atoms. The van der Waals surface area contributed by atoms with Crippen LogP contribution in [0.2, 0.25) is 0 Å². The van der Waals surface area contributed by atoms with Gasteiger partial charge in [0.2, 0.25) is 5.91 Å². The highest BCUT2D eigenvalue weighted by molar-refractivity contribution is 8.00. The number of carbonyl (C=O) groups is 1. The molecule has 0 saturated carbocycles. The molecule has 0 aliphatic heterocycles. The Kier molecular flexibility index (Phi) is 6.66. The normalized spacial score (nSPS) is 12.0. The maximum absolute atomic E-state index is 12.9.